The Morgan fingerprint density at radius 1 is 1.50 bits per heavy atom. The highest BCUT2D eigenvalue weighted by Crippen LogP contribution is 2.18. The lowest BCUT2D eigenvalue weighted by Crippen LogP contribution is -2.36. The molecule has 4 nitrogen and oxygen atoms in total. The van der Waals surface area contributed by atoms with Gasteiger partial charge in [0.15, 0.2) is 0 Å². The van der Waals surface area contributed by atoms with Gasteiger partial charge in [-0.2, -0.15) is 13.2 Å². The van der Waals surface area contributed by atoms with Crippen molar-refractivity contribution in [3.8, 4) is 0 Å². The number of carbonyl (C=O) groups excluding carboxylic acids is 1. The highest BCUT2D eigenvalue weighted by atomic mass is 19.4. The van der Waals surface area contributed by atoms with Gasteiger partial charge >= 0.3 is 12.1 Å². The Hall–Kier alpha value is -1.63. The van der Waals surface area contributed by atoms with E-state index in [0.29, 0.717) is 11.3 Å². The number of aryl methyl sites for hydroxylation is 1. The molecule has 1 aromatic heterocycles. The molecule has 1 atom stereocenters. The maximum atomic E-state index is 12.1. The molecule has 100 valence electrons. The Bertz CT molecular complexity index is 404. The summed E-state index contributed by atoms with van der Waals surface area (Å²) in [6.45, 7) is 0.459. The largest absolute Gasteiger partial charge is 0.468 e. The quantitative estimate of drug-likeness (QED) is 0.840. The van der Waals surface area contributed by atoms with E-state index in [1.165, 1.54) is 12.3 Å². The van der Waals surface area contributed by atoms with Gasteiger partial charge in [0.25, 0.3) is 0 Å². The van der Waals surface area contributed by atoms with Gasteiger partial charge in [0, 0.05) is 11.9 Å². The summed E-state index contributed by atoms with van der Waals surface area (Å²) in [7, 11) is 1.12. The van der Waals surface area contributed by atoms with Crippen LogP contribution in [0.3, 0.4) is 0 Å². The lowest BCUT2D eigenvalue weighted by atomic mass is 10.1. The maximum Gasteiger partial charge on any atom is 0.401 e. The molecular weight excluding hydrogens is 249 g/mol. The molecule has 18 heavy (non-hydrogen) atoms. The zero-order valence-corrected chi connectivity index (χ0v) is 9.91. The summed E-state index contributed by atoms with van der Waals surface area (Å²) >= 11 is 0. The molecule has 0 saturated heterocycles. The zero-order valence-electron chi connectivity index (χ0n) is 9.91. The average Bonchev–Trinajstić information content (AvgIpc) is 2.29. The number of esters is 1. The topological polar surface area (TPSA) is 51.2 Å². The Kier molecular flexibility index (Phi) is 4.66. The van der Waals surface area contributed by atoms with Gasteiger partial charge in [-0.25, -0.2) is 4.79 Å². The normalized spacial score (nSPS) is 13.2. The first kappa shape index (κ1) is 14.4. The number of pyridine rings is 1. The summed E-state index contributed by atoms with van der Waals surface area (Å²) in [5.74, 6) is -0.787. The lowest BCUT2D eigenvalue weighted by molar-refractivity contribution is -0.146. The Labute approximate surface area is 102 Å². The molecule has 0 aliphatic heterocycles. The van der Waals surface area contributed by atoms with Gasteiger partial charge in [-0.15, -0.1) is 0 Å². The third-order valence-corrected chi connectivity index (χ3v) is 2.21. The number of halogens is 3. The smallest absolute Gasteiger partial charge is 0.401 e. The second kappa shape index (κ2) is 5.81. The molecule has 1 N–H and O–H groups in total. The second-order valence-corrected chi connectivity index (χ2v) is 3.69. The summed E-state index contributed by atoms with van der Waals surface area (Å²) < 4.78 is 40.9. The van der Waals surface area contributed by atoms with Crippen LogP contribution in [0.4, 0.5) is 13.2 Å². The first-order valence-electron chi connectivity index (χ1n) is 5.14. The van der Waals surface area contributed by atoms with Crippen LogP contribution in [0.2, 0.25) is 0 Å². The van der Waals surface area contributed by atoms with E-state index in [2.05, 4.69) is 15.0 Å². The first-order valence-corrected chi connectivity index (χ1v) is 5.14. The van der Waals surface area contributed by atoms with E-state index in [1.54, 1.807) is 13.0 Å². The standard InChI is InChI=1S/C11H13F3N2O2/c1-7-3-4-8(5-15-7)9(10(17)18-2)16-6-11(12,13)14/h3-5,9,16H,6H2,1-2H3. The van der Waals surface area contributed by atoms with Crippen molar-refractivity contribution in [2.24, 2.45) is 0 Å². The van der Waals surface area contributed by atoms with Crippen molar-refractivity contribution in [2.75, 3.05) is 13.7 Å². The molecule has 1 rings (SSSR count). The molecule has 0 saturated carbocycles. The third-order valence-electron chi connectivity index (χ3n) is 2.21. The van der Waals surface area contributed by atoms with Crippen LogP contribution >= 0.6 is 0 Å². The van der Waals surface area contributed by atoms with Crippen LogP contribution in [0.1, 0.15) is 17.3 Å². The monoisotopic (exact) mass is 262 g/mol. The van der Waals surface area contributed by atoms with Crippen LogP contribution in [0.25, 0.3) is 0 Å². The molecule has 1 heterocycles. The van der Waals surface area contributed by atoms with Gasteiger partial charge < -0.3 is 4.74 Å². The number of nitrogens with one attached hydrogen (secondary N) is 1. The Morgan fingerprint density at radius 2 is 2.17 bits per heavy atom. The Balaban J connectivity index is 2.85. The average molecular weight is 262 g/mol. The van der Waals surface area contributed by atoms with Crippen molar-refractivity contribution in [3.05, 3.63) is 29.6 Å². The van der Waals surface area contributed by atoms with E-state index in [-0.39, 0.29) is 0 Å². The number of alkyl halides is 3. The van der Waals surface area contributed by atoms with Crippen molar-refractivity contribution in [2.45, 2.75) is 19.1 Å². The van der Waals surface area contributed by atoms with Crippen LogP contribution in [-0.4, -0.2) is 30.8 Å². The van der Waals surface area contributed by atoms with Crippen LogP contribution in [-0.2, 0) is 9.53 Å². The van der Waals surface area contributed by atoms with E-state index in [1.807, 2.05) is 0 Å². The van der Waals surface area contributed by atoms with Crippen LogP contribution < -0.4 is 5.32 Å². The summed E-state index contributed by atoms with van der Waals surface area (Å²) in [5.41, 5.74) is 1.04. The van der Waals surface area contributed by atoms with Gasteiger partial charge in [0.1, 0.15) is 6.04 Å². The van der Waals surface area contributed by atoms with E-state index in [9.17, 15) is 18.0 Å². The number of rotatable bonds is 4. The fourth-order valence-corrected chi connectivity index (χ4v) is 1.32. The molecule has 0 aromatic carbocycles. The molecule has 0 spiro atoms. The van der Waals surface area contributed by atoms with Gasteiger partial charge in [-0.3, -0.25) is 10.3 Å². The second-order valence-electron chi connectivity index (χ2n) is 3.69. The highest BCUT2D eigenvalue weighted by molar-refractivity contribution is 5.77. The van der Waals surface area contributed by atoms with Crippen LogP contribution in [0.15, 0.2) is 18.3 Å². The van der Waals surface area contributed by atoms with E-state index in [4.69, 9.17) is 0 Å². The Morgan fingerprint density at radius 3 is 2.61 bits per heavy atom. The summed E-state index contributed by atoms with van der Waals surface area (Å²) in [6, 6.07) is 1.97. The number of ether oxygens (including phenoxy) is 1. The molecule has 0 fully saturated rings. The van der Waals surface area contributed by atoms with Crippen LogP contribution in [0, 0.1) is 6.92 Å². The molecule has 7 heteroatoms. The highest BCUT2D eigenvalue weighted by Gasteiger charge is 2.31. The molecule has 0 radical (unpaired) electrons. The summed E-state index contributed by atoms with van der Waals surface area (Å²) in [4.78, 5) is 15.4. The molecule has 1 aromatic rings. The number of hydrogen-bond donors (Lipinski definition) is 1. The van der Waals surface area contributed by atoms with Gasteiger partial charge in [0.05, 0.1) is 13.7 Å². The van der Waals surface area contributed by atoms with Crippen molar-refractivity contribution in [3.63, 3.8) is 0 Å². The first-order chi connectivity index (χ1) is 8.33. The third kappa shape index (κ3) is 4.33. The SMILES string of the molecule is COC(=O)C(NCC(F)(F)F)c1ccc(C)nc1. The van der Waals surface area contributed by atoms with Gasteiger partial charge in [0.2, 0.25) is 0 Å². The van der Waals surface area contributed by atoms with Crippen LogP contribution in [0.5, 0.6) is 0 Å². The summed E-state index contributed by atoms with van der Waals surface area (Å²) in [6.07, 6.45) is -3.05. The lowest BCUT2D eigenvalue weighted by Gasteiger charge is -2.17. The van der Waals surface area contributed by atoms with Crippen molar-refractivity contribution >= 4 is 5.97 Å². The fourth-order valence-electron chi connectivity index (χ4n) is 1.32. The summed E-state index contributed by atoms with van der Waals surface area (Å²) in [5, 5.41) is 2.11. The van der Waals surface area contributed by atoms with Crippen molar-refractivity contribution in [1.29, 1.82) is 0 Å². The van der Waals surface area contributed by atoms with Gasteiger partial charge in [-0.1, -0.05) is 6.07 Å². The fraction of sp³-hybridized carbons (Fsp3) is 0.455. The molecule has 0 bridgehead atoms. The van der Waals surface area contributed by atoms with E-state index < -0.39 is 24.7 Å². The number of hydrogen-bond acceptors (Lipinski definition) is 4. The number of carbonyl (C=O) groups is 1. The minimum Gasteiger partial charge on any atom is -0.468 e. The molecule has 0 aliphatic rings. The minimum atomic E-state index is -4.40. The number of nitrogens with zero attached hydrogens (tertiary/aromatic N) is 1. The number of aromatic nitrogens is 1. The molecule has 1 unspecified atom stereocenters. The predicted molar refractivity (Wildman–Crippen MR) is 57.8 cm³/mol. The molecule has 0 amide bonds. The predicted octanol–water partition coefficient (Wildman–Crippen LogP) is 1.76. The van der Waals surface area contributed by atoms with E-state index >= 15 is 0 Å². The zero-order chi connectivity index (χ0) is 13.8. The maximum absolute atomic E-state index is 12.1. The van der Waals surface area contributed by atoms with Crippen molar-refractivity contribution < 1.29 is 22.7 Å². The van der Waals surface area contributed by atoms with Crippen molar-refractivity contribution in [1.82, 2.24) is 10.3 Å². The number of methoxy groups -OCH3 is 1. The molecule has 0 aliphatic carbocycles. The van der Waals surface area contributed by atoms with E-state index in [0.717, 1.165) is 7.11 Å². The van der Waals surface area contributed by atoms with Gasteiger partial charge in [-0.05, 0) is 18.6 Å². The molecular formula is C11H13F3N2O2. The minimum absolute atomic E-state index is 0.330.